The molecule has 9 nitrogen and oxygen atoms in total. The molecule has 1 aromatic carbocycles. The first-order valence-electron chi connectivity index (χ1n) is 13.9. The molecule has 0 bridgehead atoms. The molecule has 2 aliphatic rings. The zero-order valence-corrected chi connectivity index (χ0v) is 23.0. The lowest BCUT2D eigenvalue weighted by Gasteiger charge is -2.23. The molecule has 0 saturated heterocycles. The van der Waals surface area contributed by atoms with Gasteiger partial charge in [0.05, 0.1) is 12.3 Å². The first-order valence-corrected chi connectivity index (χ1v) is 14.6. The van der Waals surface area contributed by atoms with E-state index in [4.69, 9.17) is 10.5 Å². The topological polar surface area (TPSA) is 127 Å². The summed E-state index contributed by atoms with van der Waals surface area (Å²) in [7, 11) is 0. The maximum Gasteiger partial charge on any atom is 0.273 e. The molecule has 4 N–H and O–H groups in total. The van der Waals surface area contributed by atoms with E-state index in [1.807, 2.05) is 0 Å². The van der Waals surface area contributed by atoms with Crippen molar-refractivity contribution >= 4 is 40.6 Å². The number of carbonyl (C=O) groups is 3. The molecule has 0 radical (unpaired) electrons. The Balaban J connectivity index is 1.51. The Hall–Kier alpha value is -3.14. The second-order valence-corrected chi connectivity index (χ2v) is 11.0. The van der Waals surface area contributed by atoms with E-state index in [1.54, 1.807) is 24.3 Å². The summed E-state index contributed by atoms with van der Waals surface area (Å²) in [6, 6.07) is 7.34. The number of unbranched alkanes of at least 4 members (excludes halogenated alkanes) is 1. The van der Waals surface area contributed by atoms with E-state index in [2.05, 4.69) is 21.9 Å². The normalized spacial score (nSPS) is 16.2. The van der Waals surface area contributed by atoms with Crippen molar-refractivity contribution in [2.24, 2.45) is 0 Å². The van der Waals surface area contributed by atoms with Crippen molar-refractivity contribution in [2.75, 3.05) is 23.8 Å². The number of nitrogen functional groups attached to an aromatic ring is 1. The molecule has 0 aliphatic heterocycles. The monoisotopic (exact) mass is 541 g/mol. The van der Waals surface area contributed by atoms with E-state index in [1.165, 1.54) is 11.3 Å². The van der Waals surface area contributed by atoms with Crippen LogP contribution in [0.4, 0.5) is 11.4 Å². The van der Waals surface area contributed by atoms with E-state index >= 15 is 0 Å². The predicted octanol–water partition coefficient (Wildman–Crippen LogP) is 4.67. The number of rotatable bonds is 11. The van der Waals surface area contributed by atoms with E-state index in [9.17, 15) is 14.4 Å². The Kier molecular flexibility index (Phi) is 9.98. The fraction of sp³-hybridized carbons (Fsp3) is 0.571. The minimum atomic E-state index is -0.460. The molecular formula is C28H39N5O4S. The largest absolute Gasteiger partial charge is 0.494 e. The summed E-state index contributed by atoms with van der Waals surface area (Å²) in [6.45, 7) is 2.56. The van der Waals surface area contributed by atoms with Gasteiger partial charge in [-0.25, -0.2) is 0 Å². The van der Waals surface area contributed by atoms with Gasteiger partial charge in [0, 0.05) is 17.8 Å². The van der Waals surface area contributed by atoms with Gasteiger partial charge in [0.15, 0.2) is 5.69 Å². The van der Waals surface area contributed by atoms with Crippen LogP contribution >= 0.6 is 11.5 Å². The quantitative estimate of drug-likeness (QED) is 0.355. The van der Waals surface area contributed by atoms with Crippen LogP contribution in [0.25, 0.3) is 0 Å². The Bertz CT molecular complexity index is 1090. The molecular weight excluding hydrogens is 502 g/mol. The highest BCUT2D eigenvalue weighted by molar-refractivity contribution is 7.09. The van der Waals surface area contributed by atoms with E-state index in [-0.39, 0.29) is 46.7 Å². The Labute approximate surface area is 228 Å². The highest BCUT2D eigenvalue weighted by Gasteiger charge is 2.29. The van der Waals surface area contributed by atoms with Crippen molar-refractivity contribution in [3.8, 4) is 5.75 Å². The SMILES string of the molecule is CCCCOc1ccc(N(CC(=O)NC2CCCC2)C(=O)c2snc(C(=O)NC3CCCCC3)c2N)cc1. The maximum absolute atomic E-state index is 13.7. The van der Waals surface area contributed by atoms with Crippen molar-refractivity contribution < 1.29 is 19.1 Å². The lowest BCUT2D eigenvalue weighted by molar-refractivity contribution is -0.120. The Morgan fingerprint density at radius 2 is 1.63 bits per heavy atom. The van der Waals surface area contributed by atoms with E-state index < -0.39 is 5.91 Å². The zero-order chi connectivity index (χ0) is 26.9. The molecule has 38 heavy (non-hydrogen) atoms. The summed E-state index contributed by atoms with van der Waals surface area (Å²) in [4.78, 5) is 41.1. The van der Waals surface area contributed by atoms with E-state index in [0.29, 0.717) is 18.0 Å². The predicted molar refractivity (Wildman–Crippen MR) is 150 cm³/mol. The lowest BCUT2D eigenvalue weighted by Crippen LogP contribution is -2.43. The molecule has 3 amide bonds. The molecule has 2 aromatic rings. The van der Waals surface area contributed by atoms with Gasteiger partial charge in [0.25, 0.3) is 11.8 Å². The van der Waals surface area contributed by atoms with Gasteiger partial charge in [0.2, 0.25) is 5.91 Å². The summed E-state index contributed by atoms with van der Waals surface area (Å²) in [6.07, 6.45) is 11.3. The highest BCUT2D eigenvalue weighted by Crippen LogP contribution is 2.28. The van der Waals surface area contributed by atoms with Crippen molar-refractivity contribution in [1.29, 1.82) is 0 Å². The summed E-state index contributed by atoms with van der Waals surface area (Å²) in [5.74, 6) is -0.349. The Morgan fingerprint density at radius 3 is 2.29 bits per heavy atom. The second-order valence-electron chi connectivity index (χ2n) is 10.2. The van der Waals surface area contributed by atoms with Gasteiger partial charge >= 0.3 is 0 Å². The van der Waals surface area contributed by atoms with Gasteiger partial charge in [-0.2, -0.15) is 4.37 Å². The van der Waals surface area contributed by atoms with E-state index in [0.717, 1.165) is 75.7 Å². The van der Waals surface area contributed by atoms with Crippen LogP contribution < -0.4 is 26.0 Å². The zero-order valence-electron chi connectivity index (χ0n) is 22.2. The average molecular weight is 542 g/mol. The van der Waals surface area contributed by atoms with Crippen molar-refractivity contribution in [3.63, 3.8) is 0 Å². The van der Waals surface area contributed by atoms with Gasteiger partial charge < -0.3 is 21.1 Å². The van der Waals surface area contributed by atoms with Gasteiger partial charge in [0.1, 0.15) is 17.2 Å². The molecule has 1 aromatic heterocycles. The number of hydrogen-bond acceptors (Lipinski definition) is 7. The molecule has 10 heteroatoms. The summed E-state index contributed by atoms with van der Waals surface area (Å²) in [5, 5.41) is 6.06. The van der Waals surface area contributed by atoms with Crippen LogP contribution in [0.3, 0.4) is 0 Å². The molecule has 1 heterocycles. The average Bonchev–Trinajstić information content (AvgIpc) is 3.57. The molecule has 2 saturated carbocycles. The number of carbonyl (C=O) groups excluding carboxylic acids is 3. The molecule has 2 fully saturated rings. The van der Waals surface area contributed by atoms with Crippen molar-refractivity contribution in [1.82, 2.24) is 15.0 Å². The van der Waals surface area contributed by atoms with Crippen LogP contribution in [0.1, 0.15) is 97.7 Å². The van der Waals surface area contributed by atoms with Gasteiger partial charge in [-0.05, 0) is 67.9 Å². The minimum Gasteiger partial charge on any atom is -0.494 e. The van der Waals surface area contributed by atoms with Gasteiger partial charge in [-0.3, -0.25) is 19.3 Å². The van der Waals surface area contributed by atoms with Crippen molar-refractivity contribution in [2.45, 2.75) is 89.6 Å². The number of nitrogens with two attached hydrogens (primary N) is 1. The molecule has 4 rings (SSSR count). The van der Waals surface area contributed by atoms with Crippen LogP contribution in [-0.2, 0) is 4.79 Å². The first-order chi connectivity index (χ1) is 18.5. The number of anilines is 2. The molecule has 0 unspecified atom stereocenters. The molecule has 2 aliphatic carbocycles. The standard InChI is InChI=1S/C28H39N5O4S/c1-2-3-17-37-22-15-13-21(14-16-22)33(18-23(34)30-19-11-7-8-12-19)28(36)26-24(29)25(32-38-26)27(35)31-20-9-5-4-6-10-20/h13-16,19-20H,2-12,17-18,29H2,1H3,(H,30,34)(H,31,35). The summed E-state index contributed by atoms with van der Waals surface area (Å²) >= 11 is 0.891. The fourth-order valence-corrected chi connectivity index (χ4v) is 5.81. The number of nitrogens with zero attached hydrogens (tertiary/aromatic N) is 2. The van der Waals surface area contributed by atoms with Crippen LogP contribution in [0.5, 0.6) is 5.75 Å². The Morgan fingerprint density at radius 1 is 1.00 bits per heavy atom. The third kappa shape index (κ3) is 7.24. The second kappa shape index (κ2) is 13.6. The van der Waals surface area contributed by atoms with Gasteiger partial charge in [-0.15, -0.1) is 0 Å². The van der Waals surface area contributed by atoms with Crippen molar-refractivity contribution in [3.05, 3.63) is 34.8 Å². The summed E-state index contributed by atoms with van der Waals surface area (Å²) < 4.78 is 9.99. The smallest absolute Gasteiger partial charge is 0.273 e. The minimum absolute atomic E-state index is 0.0500. The first kappa shape index (κ1) is 27.9. The van der Waals surface area contributed by atoms with Crippen LogP contribution in [0, 0.1) is 0 Å². The number of aromatic nitrogens is 1. The van der Waals surface area contributed by atoms with Crippen LogP contribution in [-0.4, -0.2) is 47.3 Å². The van der Waals surface area contributed by atoms with Gasteiger partial charge in [-0.1, -0.05) is 45.4 Å². The summed E-state index contributed by atoms with van der Waals surface area (Å²) in [5.41, 5.74) is 6.96. The van der Waals surface area contributed by atoms with Crippen LogP contribution in [0.2, 0.25) is 0 Å². The third-order valence-electron chi connectivity index (χ3n) is 7.26. The number of benzene rings is 1. The number of ether oxygens (including phenoxy) is 1. The van der Waals surface area contributed by atoms with Crippen LogP contribution in [0.15, 0.2) is 24.3 Å². The molecule has 0 spiro atoms. The third-order valence-corrected chi connectivity index (χ3v) is 8.11. The fourth-order valence-electron chi connectivity index (χ4n) is 5.06. The number of hydrogen-bond donors (Lipinski definition) is 3. The molecule has 206 valence electrons. The number of amides is 3. The number of nitrogens with one attached hydrogen (secondary N) is 2. The lowest BCUT2D eigenvalue weighted by atomic mass is 9.95. The highest BCUT2D eigenvalue weighted by atomic mass is 32.1. The molecule has 0 atom stereocenters. The maximum atomic E-state index is 13.7.